The van der Waals surface area contributed by atoms with Gasteiger partial charge in [-0.05, 0) is 36.8 Å². The molecule has 1 saturated carbocycles. The van der Waals surface area contributed by atoms with Crippen LogP contribution < -0.4 is 10.5 Å². The zero-order valence-electron chi connectivity index (χ0n) is 10.8. The predicted octanol–water partition coefficient (Wildman–Crippen LogP) is 2.06. The molecule has 0 radical (unpaired) electrons. The summed E-state index contributed by atoms with van der Waals surface area (Å²) in [5.41, 5.74) is 5.74. The first-order chi connectivity index (χ1) is 8.32. The van der Waals surface area contributed by atoms with E-state index >= 15 is 0 Å². The quantitative estimate of drug-likeness (QED) is 0.891. The second-order valence-electron chi connectivity index (χ2n) is 5.65. The molecule has 1 aliphatic rings. The van der Waals surface area contributed by atoms with Gasteiger partial charge in [0.05, 0.1) is 0 Å². The van der Waals surface area contributed by atoms with E-state index in [2.05, 4.69) is 18.6 Å². The van der Waals surface area contributed by atoms with E-state index in [0.29, 0.717) is 10.8 Å². The number of nitrogens with two attached hydrogens (primary N) is 1. The predicted molar refractivity (Wildman–Crippen MR) is 74.0 cm³/mol. The van der Waals surface area contributed by atoms with Crippen LogP contribution in [0.15, 0.2) is 16.3 Å². The molecule has 6 heteroatoms. The van der Waals surface area contributed by atoms with Crippen molar-refractivity contribution in [1.82, 2.24) is 4.72 Å². The Morgan fingerprint density at radius 1 is 1.50 bits per heavy atom. The summed E-state index contributed by atoms with van der Waals surface area (Å²) in [6.45, 7) is 4.74. The Bertz CT molecular complexity index is 520. The average Bonchev–Trinajstić information content (AvgIpc) is 2.84. The van der Waals surface area contributed by atoms with Crippen LogP contribution >= 0.6 is 11.3 Å². The Balaban J connectivity index is 2.08. The van der Waals surface area contributed by atoms with Gasteiger partial charge in [0.25, 0.3) is 0 Å². The highest BCUT2D eigenvalue weighted by Gasteiger charge is 2.33. The first-order valence-electron chi connectivity index (χ1n) is 6.13. The van der Waals surface area contributed by atoms with Crippen LogP contribution in [0.1, 0.15) is 38.0 Å². The first-order valence-corrected chi connectivity index (χ1v) is 8.43. The molecular weight excluding hydrogens is 268 g/mol. The third kappa shape index (κ3) is 3.12. The third-order valence-corrected chi connectivity index (χ3v) is 6.51. The van der Waals surface area contributed by atoms with Gasteiger partial charge in [-0.25, -0.2) is 13.1 Å². The van der Waals surface area contributed by atoms with Crippen LogP contribution in [0.5, 0.6) is 0 Å². The Hall–Kier alpha value is -0.430. The van der Waals surface area contributed by atoms with E-state index in [4.69, 9.17) is 5.73 Å². The van der Waals surface area contributed by atoms with Crippen LogP contribution in [-0.2, 0) is 16.6 Å². The van der Waals surface area contributed by atoms with Crippen molar-refractivity contribution in [3.63, 3.8) is 0 Å². The molecule has 18 heavy (non-hydrogen) atoms. The zero-order valence-corrected chi connectivity index (χ0v) is 12.4. The SMILES string of the molecule is CC1(C)CCC(NS(=O)(=O)c2ccc(CN)s2)C1. The van der Waals surface area contributed by atoms with E-state index in [1.807, 2.05) is 0 Å². The summed E-state index contributed by atoms with van der Waals surface area (Å²) in [6, 6.07) is 3.47. The van der Waals surface area contributed by atoms with E-state index in [-0.39, 0.29) is 11.5 Å². The molecule has 0 aromatic carbocycles. The zero-order chi connectivity index (χ0) is 13.4. The summed E-state index contributed by atoms with van der Waals surface area (Å²) in [7, 11) is -3.37. The topological polar surface area (TPSA) is 72.2 Å². The molecule has 1 heterocycles. The molecule has 2 rings (SSSR count). The van der Waals surface area contributed by atoms with Gasteiger partial charge in [0.2, 0.25) is 10.0 Å². The van der Waals surface area contributed by atoms with Crippen molar-refractivity contribution < 1.29 is 8.42 Å². The minimum atomic E-state index is -3.37. The van der Waals surface area contributed by atoms with Gasteiger partial charge in [0.15, 0.2) is 0 Å². The van der Waals surface area contributed by atoms with Crippen LogP contribution in [0.2, 0.25) is 0 Å². The average molecular weight is 288 g/mol. The van der Waals surface area contributed by atoms with Crippen molar-refractivity contribution in [3.05, 3.63) is 17.0 Å². The smallest absolute Gasteiger partial charge is 0.250 e. The largest absolute Gasteiger partial charge is 0.326 e. The van der Waals surface area contributed by atoms with Gasteiger partial charge in [-0.2, -0.15) is 0 Å². The van der Waals surface area contributed by atoms with Crippen molar-refractivity contribution in [2.75, 3.05) is 0 Å². The highest BCUT2D eigenvalue weighted by molar-refractivity contribution is 7.91. The van der Waals surface area contributed by atoms with E-state index in [1.54, 1.807) is 12.1 Å². The molecule has 3 N–H and O–H groups in total. The van der Waals surface area contributed by atoms with Gasteiger partial charge in [0.1, 0.15) is 4.21 Å². The molecule has 0 aliphatic heterocycles. The molecule has 1 atom stereocenters. The Morgan fingerprint density at radius 3 is 2.72 bits per heavy atom. The lowest BCUT2D eigenvalue weighted by Crippen LogP contribution is -2.33. The molecule has 0 spiro atoms. The van der Waals surface area contributed by atoms with Crippen LogP contribution in [0.25, 0.3) is 0 Å². The Labute approximate surface area is 113 Å². The van der Waals surface area contributed by atoms with E-state index in [1.165, 1.54) is 11.3 Å². The van der Waals surface area contributed by atoms with Gasteiger partial charge < -0.3 is 5.73 Å². The second-order valence-corrected chi connectivity index (χ2v) is 8.76. The molecule has 102 valence electrons. The number of hydrogen-bond acceptors (Lipinski definition) is 4. The molecule has 1 aromatic heterocycles. The molecule has 1 fully saturated rings. The fraction of sp³-hybridized carbons (Fsp3) is 0.667. The van der Waals surface area contributed by atoms with E-state index in [9.17, 15) is 8.42 Å². The molecule has 0 amide bonds. The van der Waals surface area contributed by atoms with Crippen molar-refractivity contribution in [3.8, 4) is 0 Å². The Morgan fingerprint density at radius 2 is 2.22 bits per heavy atom. The minimum Gasteiger partial charge on any atom is -0.326 e. The van der Waals surface area contributed by atoms with Crippen molar-refractivity contribution in [2.24, 2.45) is 11.1 Å². The third-order valence-electron chi connectivity index (χ3n) is 3.39. The van der Waals surface area contributed by atoms with Gasteiger partial charge in [-0.1, -0.05) is 13.8 Å². The van der Waals surface area contributed by atoms with Crippen molar-refractivity contribution in [2.45, 2.75) is 49.9 Å². The van der Waals surface area contributed by atoms with E-state index < -0.39 is 10.0 Å². The maximum atomic E-state index is 12.2. The summed E-state index contributed by atoms with van der Waals surface area (Å²) in [4.78, 5) is 0.891. The monoisotopic (exact) mass is 288 g/mol. The number of nitrogens with one attached hydrogen (secondary N) is 1. The molecule has 0 bridgehead atoms. The van der Waals surface area contributed by atoms with Gasteiger partial charge >= 0.3 is 0 Å². The summed E-state index contributed by atoms with van der Waals surface area (Å²) in [6.07, 6.45) is 2.89. The summed E-state index contributed by atoms with van der Waals surface area (Å²) in [5.74, 6) is 0. The summed E-state index contributed by atoms with van der Waals surface area (Å²) < 4.78 is 27.5. The Kier molecular flexibility index (Phi) is 3.82. The number of sulfonamides is 1. The van der Waals surface area contributed by atoms with Gasteiger partial charge in [-0.15, -0.1) is 11.3 Å². The highest BCUT2D eigenvalue weighted by Crippen LogP contribution is 2.37. The maximum absolute atomic E-state index is 12.2. The molecule has 1 unspecified atom stereocenters. The van der Waals surface area contributed by atoms with Crippen LogP contribution in [0.4, 0.5) is 0 Å². The lowest BCUT2D eigenvalue weighted by Gasteiger charge is -2.17. The number of thiophene rings is 1. The number of rotatable bonds is 4. The fourth-order valence-electron chi connectivity index (χ4n) is 2.43. The molecule has 1 aromatic rings. The maximum Gasteiger partial charge on any atom is 0.250 e. The second kappa shape index (κ2) is 4.92. The van der Waals surface area contributed by atoms with Crippen LogP contribution in [0.3, 0.4) is 0 Å². The molecule has 1 aliphatic carbocycles. The molecule has 4 nitrogen and oxygen atoms in total. The number of hydrogen-bond donors (Lipinski definition) is 2. The molecule has 0 saturated heterocycles. The van der Waals surface area contributed by atoms with Crippen molar-refractivity contribution >= 4 is 21.4 Å². The standard InChI is InChI=1S/C12H20N2O2S2/c1-12(2)6-5-9(7-12)14-18(15,16)11-4-3-10(8-13)17-11/h3-4,9,14H,5-8,13H2,1-2H3. The highest BCUT2D eigenvalue weighted by atomic mass is 32.2. The summed E-state index contributed by atoms with van der Waals surface area (Å²) in [5, 5.41) is 0. The lowest BCUT2D eigenvalue weighted by molar-refractivity contribution is 0.372. The van der Waals surface area contributed by atoms with E-state index in [0.717, 1.165) is 24.1 Å². The first kappa shape index (κ1) is 14.0. The molecular formula is C12H20N2O2S2. The normalized spacial score (nSPS) is 23.4. The van der Waals surface area contributed by atoms with Crippen molar-refractivity contribution in [1.29, 1.82) is 0 Å². The van der Waals surface area contributed by atoms with Gasteiger partial charge in [0, 0.05) is 17.5 Å². The lowest BCUT2D eigenvalue weighted by atomic mass is 9.92. The fourth-order valence-corrected chi connectivity index (χ4v) is 4.95. The minimum absolute atomic E-state index is 0.0634. The van der Waals surface area contributed by atoms with Crippen LogP contribution in [0, 0.1) is 5.41 Å². The van der Waals surface area contributed by atoms with Crippen LogP contribution in [-0.4, -0.2) is 14.5 Å². The van der Waals surface area contributed by atoms with Gasteiger partial charge in [-0.3, -0.25) is 0 Å². The summed E-state index contributed by atoms with van der Waals surface area (Å²) >= 11 is 1.25.